The average Bonchev–Trinajstić information content (AvgIpc) is 2.20. The summed E-state index contributed by atoms with van der Waals surface area (Å²) in [7, 11) is 0. The third-order valence-electron chi connectivity index (χ3n) is 1.65. The van der Waals surface area contributed by atoms with E-state index in [1.54, 1.807) is 0 Å². The van der Waals surface area contributed by atoms with Crippen molar-refractivity contribution in [2.24, 2.45) is 0 Å². The molecule has 0 heterocycles. The number of benzene rings is 1. The molecular weight excluding hydrogens is 205 g/mol. The Bertz CT molecular complexity index is 405. The van der Waals surface area contributed by atoms with Gasteiger partial charge < -0.3 is 4.74 Å². The van der Waals surface area contributed by atoms with E-state index in [1.165, 1.54) is 13.0 Å². The summed E-state index contributed by atoms with van der Waals surface area (Å²) >= 11 is 0. The van der Waals surface area contributed by atoms with Gasteiger partial charge in [-0.25, -0.2) is 0 Å². The van der Waals surface area contributed by atoms with Gasteiger partial charge in [0, 0.05) is 12.5 Å². The predicted octanol–water partition coefficient (Wildman–Crippen LogP) is 2.05. The molecule has 0 radical (unpaired) electrons. The highest BCUT2D eigenvalue weighted by Gasteiger charge is 2.19. The summed E-state index contributed by atoms with van der Waals surface area (Å²) in [5.74, 6) is -2.20. The number of nitrogens with zero attached hydrogens (tertiary/aromatic N) is 1. The van der Waals surface area contributed by atoms with E-state index in [1.807, 2.05) is 0 Å². The molecule has 0 bridgehead atoms. The van der Waals surface area contributed by atoms with Gasteiger partial charge in [-0.15, -0.1) is 0 Å². The zero-order valence-corrected chi connectivity index (χ0v) is 7.90. The molecule has 0 aliphatic heterocycles. The Morgan fingerprint density at radius 2 is 2.27 bits per heavy atom. The van der Waals surface area contributed by atoms with Crippen molar-refractivity contribution in [1.29, 1.82) is 0 Å². The van der Waals surface area contributed by atoms with Crippen LogP contribution in [0.2, 0.25) is 0 Å². The quantitative estimate of drug-likeness (QED) is 0.333. The molecule has 15 heavy (non-hydrogen) atoms. The SMILES string of the molecule is CCC(=O)Oc1cccc([N+](=O)[O-])c1F. The van der Waals surface area contributed by atoms with E-state index in [2.05, 4.69) is 4.74 Å². The van der Waals surface area contributed by atoms with Crippen LogP contribution in [0.5, 0.6) is 5.75 Å². The first-order chi connectivity index (χ1) is 7.06. The third-order valence-corrected chi connectivity index (χ3v) is 1.65. The van der Waals surface area contributed by atoms with Gasteiger partial charge in [-0.2, -0.15) is 4.39 Å². The molecule has 0 N–H and O–H groups in total. The van der Waals surface area contributed by atoms with E-state index in [0.29, 0.717) is 0 Å². The van der Waals surface area contributed by atoms with Gasteiger partial charge in [0.25, 0.3) is 0 Å². The molecule has 0 saturated heterocycles. The van der Waals surface area contributed by atoms with Crippen LogP contribution in [0.3, 0.4) is 0 Å². The first-order valence-electron chi connectivity index (χ1n) is 4.19. The molecule has 0 spiro atoms. The lowest BCUT2D eigenvalue weighted by molar-refractivity contribution is -0.387. The predicted molar refractivity (Wildman–Crippen MR) is 49.0 cm³/mol. The highest BCUT2D eigenvalue weighted by Crippen LogP contribution is 2.26. The van der Waals surface area contributed by atoms with Crippen LogP contribution >= 0.6 is 0 Å². The molecule has 0 aliphatic rings. The average molecular weight is 213 g/mol. The van der Waals surface area contributed by atoms with Gasteiger partial charge in [0.2, 0.25) is 5.82 Å². The van der Waals surface area contributed by atoms with Crippen LogP contribution < -0.4 is 4.74 Å². The number of hydrogen-bond acceptors (Lipinski definition) is 4. The Kier molecular flexibility index (Phi) is 3.33. The molecule has 0 aromatic heterocycles. The number of rotatable bonds is 3. The fraction of sp³-hybridized carbons (Fsp3) is 0.222. The number of ether oxygens (including phenoxy) is 1. The maximum Gasteiger partial charge on any atom is 0.311 e. The zero-order chi connectivity index (χ0) is 11.4. The standard InChI is InChI=1S/C9H8FNO4/c1-2-8(12)15-7-5-3-4-6(9(7)10)11(13)14/h3-5H,2H2,1H3. The fourth-order valence-electron chi connectivity index (χ4n) is 0.914. The topological polar surface area (TPSA) is 69.4 Å². The summed E-state index contributed by atoms with van der Waals surface area (Å²) in [6.07, 6.45) is 0.0716. The molecule has 1 rings (SSSR count). The number of esters is 1. The van der Waals surface area contributed by atoms with Gasteiger partial charge in [-0.1, -0.05) is 13.0 Å². The fourth-order valence-corrected chi connectivity index (χ4v) is 0.914. The molecule has 0 saturated carbocycles. The summed E-state index contributed by atoms with van der Waals surface area (Å²) in [6, 6.07) is 3.41. The number of hydrogen-bond donors (Lipinski definition) is 0. The van der Waals surface area contributed by atoms with Gasteiger partial charge in [-0.05, 0) is 6.07 Å². The summed E-state index contributed by atoms with van der Waals surface area (Å²) in [5.41, 5.74) is -0.712. The van der Waals surface area contributed by atoms with Gasteiger partial charge in [-0.3, -0.25) is 14.9 Å². The van der Waals surface area contributed by atoms with Crippen molar-refractivity contribution >= 4 is 11.7 Å². The Balaban J connectivity index is 3.04. The minimum absolute atomic E-state index is 0.0716. The zero-order valence-electron chi connectivity index (χ0n) is 7.90. The van der Waals surface area contributed by atoms with Gasteiger partial charge in [0.05, 0.1) is 4.92 Å². The summed E-state index contributed by atoms with van der Waals surface area (Å²) < 4.78 is 17.9. The van der Waals surface area contributed by atoms with Crippen LogP contribution in [-0.2, 0) is 4.79 Å². The first-order valence-corrected chi connectivity index (χ1v) is 4.19. The maximum absolute atomic E-state index is 13.3. The van der Waals surface area contributed by atoms with Crippen LogP contribution in [0.1, 0.15) is 13.3 Å². The molecule has 5 nitrogen and oxygen atoms in total. The van der Waals surface area contributed by atoms with Crippen LogP contribution in [0.15, 0.2) is 18.2 Å². The smallest absolute Gasteiger partial charge is 0.311 e. The molecule has 0 aliphatic carbocycles. The highest BCUT2D eigenvalue weighted by molar-refractivity contribution is 5.72. The van der Waals surface area contributed by atoms with Gasteiger partial charge in [0.15, 0.2) is 5.75 Å². The number of carbonyl (C=O) groups excluding carboxylic acids is 1. The molecule has 80 valence electrons. The Hall–Kier alpha value is -1.98. The van der Waals surface area contributed by atoms with Crippen molar-refractivity contribution in [3.8, 4) is 5.75 Å². The third kappa shape index (κ3) is 2.49. The lowest BCUT2D eigenvalue weighted by atomic mass is 10.3. The normalized spacial score (nSPS) is 9.73. The minimum Gasteiger partial charge on any atom is -0.423 e. The van der Waals surface area contributed by atoms with E-state index in [0.717, 1.165) is 12.1 Å². The second-order valence-corrected chi connectivity index (χ2v) is 2.67. The van der Waals surface area contributed by atoms with Crippen molar-refractivity contribution in [3.05, 3.63) is 34.1 Å². The minimum atomic E-state index is -1.13. The van der Waals surface area contributed by atoms with Crippen molar-refractivity contribution < 1.29 is 18.8 Å². The summed E-state index contributed by atoms with van der Waals surface area (Å²) in [6.45, 7) is 1.54. The van der Waals surface area contributed by atoms with Crippen LogP contribution in [-0.4, -0.2) is 10.9 Å². The molecule has 1 aromatic rings. The largest absolute Gasteiger partial charge is 0.423 e. The highest BCUT2D eigenvalue weighted by atomic mass is 19.1. The number of halogens is 1. The molecule has 0 atom stereocenters. The number of nitro benzene ring substituents is 1. The van der Waals surface area contributed by atoms with E-state index in [4.69, 9.17) is 0 Å². The van der Waals surface area contributed by atoms with Crippen LogP contribution in [0.25, 0.3) is 0 Å². The molecule has 0 amide bonds. The van der Waals surface area contributed by atoms with E-state index in [-0.39, 0.29) is 6.42 Å². The molecule has 0 unspecified atom stereocenters. The Morgan fingerprint density at radius 1 is 1.60 bits per heavy atom. The van der Waals surface area contributed by atoms with E-state index >= 15 is 0 Å². The monoisotopic (exact) mass is 213 g/mol. The maximum atomic E-state index is 13.3. The molecular formula is C9H8FNO4. The molecule has 1 aromatic carbocycles. The second kappa shape index (κ2) is 4.50. The second-order valence-electron chi connectivity index (χ2n) is 2.67. The Morgan fingerprint density at radius 3 is 2.80 bits per heavy atom. The van der Waals surface area contributed by atoms with Crippen LogP contribution in [0, 0.1) is 15.9 Å². The van der Waals surface area contributed by atoms with E-state index in [9.17, 15) is 19.3 Å². The van der Waals surface area contributed by atoms with Crippen molar-refractivity contribution in [1.82, 2.24) is 0 Å². The van der Waals surface area contributed by atoms with E-state index < -0.39 is 28.1 Å². The first kappa shape index (κ1) is 11.1. The Labute approximate surface area is 84.6 Å². The number of carbonyl (C=O) groups is 1. The number of nitro groups is 1. The summed E-state index contributed by atoms with van der Waals surface area (Å²) in [5, 5.41) is 10.4. The lowest BCUT2D eigenvalue weighted by Gasteiger charge is -2.03. The molecule has 0 fully saturated rings. The summed E-state index contributed by atoms with van der Waals surface area (Å²) in [4.78, 5) is 20.3. The van der Waals surface area contributed by atoms with Crippen molar-refractivity contribution in [2.45, 2.75) is 13.3 Å². The van der Waals surface area contributed by atoms with Crippen molar-refractivity contribution in [3.63, 3.8) is 0 Å². The van der Waals surface area contributed by atoms with Crippen LogP contribution in [0.4, 0.5) is 10.1 Å². The molecule has 6 heteroatoms. The van der Waals surface area contributed by atoms with Gasteiger partial charge in [0.1, 0.15) is 0 Å². The van der Waals surface area contributed by atoms with Crippen molar-refractivity contribution in [2.75, 3.05) is 0 Å². The van der Waals surface area contributed by atoms with Gasteiger partial charge >= 0.3 is 11.7 Å². The lowest BCUT2D eigenvalue weighted by Crippen LogP contribution is -2.07.